The van der Waals surface area contributed by atoms with Crippen molar-refractivity contribution in [2.24, 2.45) is 5.14 Å². The number of hydrogen-bond donors (Lipinski definition) is 1. The van der Waals surface area contributed by atoms with Crippen molar-refractivity contribution in [2.75, 3.05) is 13.2 Å². The van der Waals surface area contributed by atoms with Crippen LogP contribution in [0.15, 0.2) is 0 Å². The molecule has 0 bridgehead atoms. The van der Waals surface area contributed by atoms with Crippen LogP contribution >= 0.6 is 0 Å². The van der Waals surface area contributed by atoms with Crippen LogP contribution in [-0.2, 0) is 24.0 Å². The molecule has 0 rings (SSSR count). The van der Waals surface area contributed by atoms with E-state index in [1.807, 2.05) is 0 Å². The first-order valence-electron chi connectivity index (χ1n) is 3.28. The minimum atomic E-state index is -3.94. The number of nitrogens with two attached hydrogens (primary N) is 1. The minimum Gasteiger partial charge on any atom is -1.00 e. The summed E-state index contributed by atoms with van der Waals surface area (Å²) < 4.78 is 28.9. The SMILES string of the molecule is CCOC(=O)CCOS(N)(=O)=O.[H-].[Li+]. The Morgan fingerprint density at radius 3 is 2.46 bits per heavy atom. The molecule has 0 heterocycles. The molecule has 0 aliphatic carbocycles. The zero-order valence-electron chi connectivity index (χ0n) is 8.65. The molecule has 2 N–H and O–H groups in total. The van der Waals surface area contributed by atoms with Gasteiger partial charge in [0.25, 0.3) is 0 Å². The van der Waals surface area contributed by atoms with Crippen LogP contribution in [0.2, 0.25) is 0 Å². The molecule has 0 unspecified atom stereocenters. The average Bonchev–Trinajstić information content (AvgIpc) is 1.84. The quantitative estimate of drug-likeness (QED) is 0.368. The van der Waals surface area contributed by atoms with Crippen molar-refractivity contribution in [3.05, 3.63) is 0 Å². The van der Waals surface area contributed by atoms with Gasteiger partial charge < -0.3 is 6.16 Å². The second-order valence-corrected chi connectivity index (χ2v) is 3.09. The van der Waals surface area contributed by atoms with Crippen LogP contribution in [0, 0.1) is 0 Å². The molecular formula is C5H12LiNO5S. The van der Waals surface area contributed by atoms with Crippen LogP contribution in [0.3, 0.4) is 0 Å². The van der Waals surface area contributed by atoms with Gasteiger partial charge in [-0.05, 0) is 6.92 Å². The summed E-state index contributed by atoms with van der Waals surface area (Å²) in [4.78, 5) is 10.6. The Morgan fingerprint density at radius 2 is 2.08 bits per heavy atom. The molecule has 8 heteroatoms. The summed E-state index contributed by atoms with van der Waals surface area (Å²) in [6.07, 6.45) is -0.121. The molecular weight excluding hydrogens is 193 g/mol. The first-order chi connectivity index (χ1) is 5.45. The summed E-state index contributed by atoms with van der Waals surface area (Å²) in [6, 6.07) is 0. The van der Waals surface area contributed by atoms with Gasteiger partial charge in [-0.2, -0.15) is 8.42 Å². The molecule has 0 aromatic carbocycles. The van der Waals surface area contributed by atoms with Gasteiger partial charge >= 0.3 is 35.1 Å². The number of rotatable bonds is 5. The van der Waals surface area contributed by atoms with E-state index < -0.39 is 16.3 Å². The van der Waals surface area contributed by atoms with Crippen LogP contribution < -0.4 is 24.0 Å². The number of esters is 1. The third kappa shape index (κ3) is 11.9. The molecule has 74 valence electrons. The van der Waals surface area contributed by atoms with Crippen LogP contribution in [-0.4, -0.2) is 27.6 Å². The zero-order valence-corrected chi connectivity index (χ0v) is 8.46. The van der Waals surface area contributed by atoms with Crippen molar-refractivity contribution >= 4 is 16.3 Å². The van der Waals surface area contributed by atoms with Gasteiger partial charge in [0.1, 0.15) is 0 Å². The predicted octanol–water partition coefficient (Wildman–Crippen LogP) is -3.72. The molecule has 0 atom stereocenters. The zero-order chi connectivity index (χ0) is 9.61. The second kappa shape index (κ2) is 7.35. The molecule has 0 saturated heterocycles. The fraction of sp³-hybridized carbons (Fsp3) is 0.800. The van der Waals surface area contributed by atoms with E-state index in [2.05, 4.69) is 14.1 Å². The van der Waals surface area contributed by atoms with Gasteiger partial charge in [-0.3, -0.25) is 8.98 Å². The number of ether oxygens (including phenoxy) is 1. The van der Waals surface area contributed by atoms with E-state index in [0.717, 1.165) is 0 Å². The first-order valence-corrected chi connectivity index (χ1v) is 4.75. The van der Waals surface area contributed by atoms with Crippen molar-refractivity contribution < 1.29 is 42.4 Å². The molecule has 0 aliphatic rings. The molecule has 0 amide bonds. The largest absolute Gasteiger partial charge is 1.00 e. The Kier molecular flexibility index (Phi) is 8.72. The molecule has 0 aromatic heterocycles. The van der Waals surface area contributed by atoms with E-state index >= 15 is 0 Å². The Labute approximate surface area is 90.7 Å². The Morgan fingerprint density at radius 1 is 1.54 bits per heavy atom. The van der Waals surface area contributed by atoms with E-state index in [0.29, 0.717) is 0 Å². The minimum absolute atomic E-state index is 0. The molecule has 0 aliphatic heterocycles. The van der Waals surface area contributed by atoms with E-state index in [1.54, 1.807) is 6.92 Å². The van der Waals surface area contributed by atoms with Gasteiger partial charge in [0.2, 0.25) is 0 Å². The third-order valence-electron chi connectivity index (χ3n) is 0.859. The Balaban J connectivity index is -0.000000605. The molecule has 6 nitrogen and oxygen atoms in total. The van der Waals surface area contributed by atoms with Gasteiger partial charge in [0.15, 0.2) is 0 Å². The standard InChI is InChI=1S/C5H11NO5S.Li.H/c1-2-10-5(7)3-4-11-12(6,8)9;;/h2-4H2,1H3,(H2,6,8,9);;/q;+1;-1. The monoisotopic (exact) mass is 205 g/mol. The summed E-state index contributed by atoms with van der Waals surface area (Å²) in [5, 5.41) is 4.49. The molecule has 0 radical (unpaired) electrons. The van der Waals surface area contributed by atoms with Gasteiger partial charge in [-0.25, -0.2) is 5.14 Å². The summed E-state index contributed by atoms with van der Waals surface area (Å²) in [5.74, 6) is -0.513. The smallest absolute Gasteiger partial charge is 1.00 e. The fourth-order valence-corrected chi connectivity index (χ4v) is 0.790. The van der Waals surface area contributed by atoms with Crippen LogP contribution in [0.1, 0.15) is 14.8 Å². The van der Waals surface area contributed by atoms with E-state index in [9.17, 15) is 13.2 Å². The maximum absolute atomic E-state index is 10.6. The molecule has 0 fully saturated rings. The van der Waals surface area contributed by atoms with E-state index in [1.165, 1.54) is 0 Å². The van der Waals surface area contributed by atoms with Gasteiger partial charge in [-0.15, -0.1) is 0 Å². The maximum atomic E-state index is 10.6. The van der Waals surface area contributed by atoms with Crippen LogP contribution in [0.5, 0.6) is 0 Å². The summed E-state index contributed by atoms with van der Waals surface area (Å²) in [7, 11) is -3.94. The molecule has 0 spiro atoms. The third-order valence-corrected chi connectivity index (χ3v) is 1.35. The van der Waals surface area contributed by atoms with E-state index in [-0.39, 0.29) is 39.9 Å². The number of carbonyl (C=O) groups excluding carboxylic acids is 1. The van der Waals surface area contributed by atoms with Crippen LogP contribution in [0.4, 0.5) is 0 Å². The second-order valence-electron chi connectivity index (χ2n) is 1.87. The average molecular weight is 205 g/mol. The first kappa shape index (κ1) is 15.4. The fourth-order valence-electron chi connectivity index (χ4n) is 0.474. The summed E-state index contributed by atoms with van der Waals surface area (Å²) in [6.45, 7) is 1.63. The van der Waals surface area contributed by atoms with Gasteiger partial charge in [0.05, 0.1) is 19.6 Å². The van der Waals surface area contributed by atoms with Gasteiger partial charge in [0, 0.05) is 0 Å². The summed E-state index contributed by atoms with van der Waals surface area (Å²) >= 11 is 0. The Hall–Kier alpha value is -0.0626. The van der Waals surface area contributed by atoms with Crippen molar-refractivity contribution in [1.29, 1.82) is 0 Å². The van der Waals surface area contributed by atoms with Crippen molar-refractivity contribution in [3.8, 4) is 0 Å². The topological polar surface area (TPSA) is 95.7 Å². The van der Waals surface area contributed by atoms with Gasteiger partial charge in [-0.1, -0.05) is 0 Å². The summed E-state index contributed by atoms with van der Waals surface area (Å²) in [5.41, 5.74) is 0. The Bertz CT molecular complexity index is 245. The van der Waals surface area contributed by atoms with E-state index in [4.69, 9.17) is 0 Å². The number of hydrogen-bond acceptors (Lipinski definition) is 5. The molecule has 0 aromatic rings. The van der Waals surface area contributed by atoms with Crippen molar-refractivity contribution in [1.82, 2.24) is 0 Å². The normalized spacial score (nSPS) is 10.3. The molecule has 13 heavy (non-hydrogen) atoms. The van der Waals surface area contributed by atoms with Crippen molar-refractivity contribution in [3.63, 3.8) is 0 Å². The predicted molar refractivity (Wildman–Crippen MR) is 41.4 cm³/mol. The van der Waals surface area contributed by atoms with Crippen molar-refractivity contribution in [2.45, 2.75) is 13.3 Å². The van der Waals surface area contributed by atoms with Crippen LogP contribution in [0.25, 0.3) is 0 Å². The molecule has 0 saturated carbocycles. The maximum Gasteiger partial charge on any atom is 1.00 e. The number of carbonyl (C=O) groups is 1.